The summed E-state index contributed by atoms with van der Waals surface area (Å²) in [6.07, 6.45) is 3.80. The van der Waals surface area contributed by atoms with Gasteiger partial charge in [0.2, 0.25) is 11.8 Å². The molecule has 10 nitrogen and oxygen atoms in total. The molecular weight excluding hydrogens is 434 g/mol. The summed E-state index contributed by atoms with van der Waals surface area (Å²) < 4.78 is 27.1. The molecule has 32 heavy (non-hydrogen) atoms. The molecule has 2 heterocycles. The van der Waals surface area contributed by atoms with Crippen LogP contribution in [0.3, 0.4) is 0 Å². The molecule has 2 amide bonds. The highest BCUT2D eigenvalue weighted by Crippen LogP contribution is 2.15. The van der Waals surface area contributed by atoms with Gasteiger partial charge in [-0.1, -0.05) is 0 Å². The lowest BCUT2D eigenvalue weighted by atomic mass is 10.2. The fraction of sp³-hybridized carbons (Fsp3) is 0.190. The molecule has 2 N–H and O–H groups in total. The zero-order chi connectivity index (χ0) is 23.1. The van der Waals surface area contributed by atoms with E-state index in [1.165, 1.54) is 35.0 Å². The van der Waals surface area contributed by atoms with E-state index in [4.69, 9.17) is 0 Å². The van der Waals surface area contributed by atoms with Gasteiger partial charge < -0.3 is 5.32 Å². The Kier molecular flexibility index (Phi) is 7.11. The molecule has 0 fully saturated rings. The Bertz CT molecular complexity index is 1270. The van der Waals surface area contributed by atoms with E-state index in [1.54, 1.807) is 30.6 Å². The molecule has 0 unspecified atom stereocenters. The highest BCUT2D eigenvalue weighted by atomic mass is 32.2. The number of carbonyl (C=O) groups is 2. The third-order valence-electron chi connectivity index (χ3n) is 4.34. The molecule has 0 bridgehead atoms. The van der Waals surface area contributed by atoms with E-state index in [2.05, 4.69) is 15.4 Å². The van der Waals surface area contributed by atoms with Gasteiger partial charge in [-0.3, -0.25) is 19.4 Å². The number of pyridine rings is 1. The molecule has 166 valence electrons. The van der Waals surface area contributed by atoms with E-state index < -0.39 is 15.9 Å². The van der Waals surface area contributed by atoms with Gasteiger partial charge in [0, 0.05) is 49.6 Å². The number of aryl methyl sites for hydroxylation is 1. The standard InChI is InChI=1S/C21H21N5O5S/c1-15(27)25-32(30,31)18-6-4-17(5-7-18)23-20(28)3-2-14-26-21(29)9-8-19(24-26)16-10-12-22-13-11-16/h4-13H,2-3,14H2,1H3,(H,23,28)(H,25,27). The molecule has 0 saturated heterocycles. The third kappa shape index (κ3) is 6.08. The molecule has 0 aliphatic heterocycles. The van der Waals surface area contributed by atoms with Crippen LogP contribution in [0.1, 0.15) is 19.8 Å². The fourth-order valence-electron chi connectivity index (χ4n) is 2.86. The van der Waals surface area contributed by atoms with Gasteiger partial charge in [0.05, 0.1) is 10.6 Å². The van der Waals surface area contributed by atoms with Crippen LogP contribution in [0.2, 0.25) is 0 Å². The van der Waals surface area contributed by atoms with Gasteiger partial charge in [0.25, 0.3) is 15.6 Å². The van der Waals surface area contributed by atoms with Crippen LogP contribution in [0.5, 0.6) is 0 Å². The van der Waals surface area contributed by atoms with Gasteiger partial charge >= 0.3 is 0 Å². The molecular formula is C21H21N5O5S. The molecule has 0 atom stereocenters. The third-order valence-corrected chi connectivity index (χ3v) is 5.79. The van der Waals surface area contributed by atoms with Crippen LogP contribution < -0.4 is 15.6 Å². The Balaban J connectivity index is 1.56. The molecule has 3 aromatic rings. The number of nitrogens with one attached hydrogen (secondary N) is 2. The van der Waals surface area contributed by atoms with Crippen molar-refractivity contribution in [3.63, 3.8) is 0 Å². The monoisotopic (exact) mass is 455 g/mol. The quantitative estimate of drug-likeness (QED) is 0.525. The van der Waals surface area contributed by atoms with Crippen LogP contribution in [0.25, 0.3) is 11.3 Å². The number of sulfonamides is 1. The highest BCUT2D eigenvalue weighted by Gasteiger charge is 2.15. The lowest BCUT2D eigenvalue weighted by Crippen LogP contribution is -2.28. The van der Waals surface area contributed by atoms with Crippen molar-refractivity contribution in [2.24, 2.45) is 0 Å². The smallest absolute Gasteiger partial charge is 0.266 e. The van der Waals surface area contributed by atoms with E-state index >= 15 is 0 Å². The summed E-state index contributed by atoms with van der Waals surface area (Å²) in [4.78, 5) is 39.1. The SMILES string of the molecule is CC(=O)NS(=O)(=O)c1ccc(NC(=O)CCCn2nc(-c3ccncc3)ccc2=O)cc1. The number of amides is 2. The van der Waals surface area contributed by atoms with Crippen molar-refractivity contribution in [3.8, 4) is 11.3 Å². The Labute approximate surface area is 184 Å². The first kappa shape index (κ1) is 22.8. The van der Waals surface area contributed by atoms with E-state index in [-0.39, 0.29) is 29.3 Å². The summed E-state index contributed by atoms with van der Waals surface area (Å²) in [5.74, 6) is -0.983. The minimum absolute atomic E-state index is 0.0924. The van der Waals surface area contributed by atoms with Crippen LogP contribution in [-0.4, -0.2) is 35.0 Å². The average Bonchev–Trinajstić information content (AvgIpc) is 2.75. The normalized spacial score (nSPS) is 11.0. The molecule has 1 aromatic carbocycles. The summed E-state index contributed by atoms with van der Waals surface area (Å²) >= 11 is 0. The van der Waals surface area contributed by atoms with Gasteiger partial charge in [-0.2, -0.15) is 5.10 Å². The number of carbonyl (C=O) groups excluding carboxylic acids is 2. The second kappa shape index (κ2) is 9.96. The summed E-state index contributed by atoms with van der Waals surface area (Å²) in [5.41, 5.74) is 1.60. The predicted octanol–water partition coefficient (Wildman–Crippen LogP) is 1.55. The number of nitrogens with zero attached hydrogens (tertiary/aromatic N) is 3. The first-order chi connectivity index (χ1) is 15.2. The highest BCUT2D eigenvalue weighted by molar-refractivity contribution is 7.90. The maximum atomic E-state index is 12.2. The summed E-state index contributed by atoms with van der Waals surface area (Å²) in [7, 11) is -3.93. The van der Waals surface area contributed by atoms with Crippen LogP contribution in [0.15, 0.2) is 70.6 Å². The van der Waals surface area contributed by atoms with Crippen molar-refractivity contribution in [1.29, 1.82) is 0 Å². The summed E-state index contributed by atoms with van der Waals surface area (Å²) in [6.45, 7) is 1.37. The van der Waals surface area contributed by atoms with E-state index in [9.17, 15) is 22.8 Å². The first-order valence-corrected chi connectivity index (χ1v) is 11.1. The van der Waals surface area contributed by atoms with Crippen LogP contribution in [0, 0.1) is 0 Å². The second-order valence-corrected chi connectivity index (χ2v) is 8.54. The van der Waals surface area contributed by atoms with Gasteiger partial charge in [-0.05, 0) is 48.9 Å². The molecule has 3 rings (SSSR count). The van der Waals surface area contributed by atoms with Crippen LogP contribution >= 0.6 is 0 Å². The molecule has 0 aliphatic carbocycles. The Morgan fingerprint density at radius 1 is 1.00 bits per heavy atom. The maximum absolute atomic E-state index is 12.2. The van der Waals surface area contributed by atoms with Crippen molar-refractivity contribution in [3.05, 3.63) is 71.3 Å². The molecule has 0 spiro atoms. The minimum atomic E-state index is -3.93. The zero-order valence-corrected chi connectivity index (χ0v) is 18.0. The number of benzene rings is 1. The number of hydrogen-bond acceptors (Lipinski definition) is 7. The molecule has 0 radical (unpaired) electrons. The lowest BCUT2D eigenvalue weighted by molar-refractivity contribution is -0.117. The lowest BCUT2D eigenvalue weighted by Gasteiger charge is -2.09. The largest absolute Gasteiger partial charge is 0.326 e. The Morgan fingerprint density at radius 3 is 2.34 bits per heavy atom. The molecule has 2 aromatic heterocycles. The van der Waals surface area contributed by atoms with Gasteiger partial charge in [-0.25, -0.2) is 17.8 Å². The van der Waals surface area contributed by atoms with E-state index in [0.717, 1.165) is 12.5 Å². The van der Waals surface area contributed by atoms with Crippen molar-refractivity contribution in [2.75, 3.05) is 5.32 Å². The topological polar surface area (TPSA) is 140 Å². The minimum Gasteiger partial charge on any atom is -0.326 e. The molecule has 11 heteroatoms. The van der Waals surface area contributed by atoms with Crippen molar-refractivity contribution >= 4 is 27.5 Å². The van der Waals surface area contributed by atoms with Crippen LogP contribution in [0.4, 0.5) is 5.69 Å². The van der Waals surface area contributed by atoms with E-state index in [1.807, 2.05) is 4.72 Å². The maximum Gasteiger partial charge on any atom is 0.266 e. The van der Waals surface area contributed by atoms with Gasteiger partial charge in [0.1, 0.15) is 0 Å². The second-order valence-electron chi connectivity index (χ2n) is 6.85. The Hall–Kier alpha value is -3.86. The predicted molar refractivity (Wildman–Crippen MR) is 117 cm³/mol. The van der Waals surface area contributed by atoms with Crippen molar-refractivity contribution in [2.45, 2.75) is 31.2 Å². The Morgan fingerprint density at radius 2 is 1.69 bits per heavy atom. The van der Waals surface area contributed by atoms with E-state index in [0.29, 0.717) is 17.8 Å². The fourth-order valence-corrected chi connectivity index (χ4v) is 3.85. The van der Waals surface area contributed by atoms with Crippen molar-refractivity contribution in [1.82, 2.24) is 19.5 Å². The van der Waals surface area contributed by atoms with Crippen molar-refractivity contribution < 1.29 is 18.0 Å². The zero-order valence-electron chi connectivity index (χ0n) is 17.2. The van der Waals surface area contributed by atoms with Gasteiger partial charge in [-0.15, -0.1) is 0 Å². The first-order valence-electron chi connectivity index (χ1n) is 9.66. The number of hydrogen-bond donors (Lipinski definition) is 2. The number of anilines is 1. The number of rotatable bonds is 8. The molecule has 0 saturated carbocycles. The van der Waals surface area contributed by atoms with Crippen LogP contribution in [-0.2, 0) is 26.2 Å². The summed E-state index contributed by atoms with van der Waals surface area (Å²) in [6, 6.07) is 12.1. The number of aromatic nitrogens is 3. The average molecular weight is 455 g/mol. The van der Waals surface area contributed by atoms with Gasteiger partial charge in [0.15, 0.2) is 0 Å². The molecule has 0 aliphatic rings. The summed E-state index contributed by atoms with van der Waals surface area (Å²) in [5, 5.41) is 7.00.